The molecule has 232 valence electrons. The number of rotatable bonds is 9. The van der Waals surface area contributed by atoms with E-state index in [2.05, 4.69) is 5.32 Å². The van der Waals surface area contributed by atoms with Crippen molar-refractivity contribution in [2.75, 3.05) is 26.4 Å². The molecule has 2 aromatic rings. The van der Waals surface area contributed by atoms with Gasteiger partial charge in [0.05, 0.1) is 40.2 Å². The van der Waals surface area contributed by atoms with Gasteiger partial charge < -0.3 is 19.5 Å². The van der Waals surface area contributed by atoms with E-state index >= 15 is 0 Å². The lowest BCUT2D eigenvalue weighted by atomic mass is 9.80. The van der Waals surface area contributed by atoms with Crippen LogP contribution >= 0.6 is 0 Å². The molecule has 1 amide bonds. The fraction of sp³-hybridized carbons (Fsp3) is 0.367. The molecular weight excluding hydrogens is 594 g/mol. The molecule has 3 aliphatic heterocycles. The zero-order valence-electron chi connectivity index (χ0n) is 24.1. The predicted molar refractivity (Wildman–Crippen MR) is 155 cm³/mol. The summed E-state index contributed by atoms with van der Waals surface area (Å²) in [5, 5.41) is 14.6. The number of hydrogen-bond donors (Lipinski definition) is 1. The lowest BCUT2D eigenvalue weighted by molar-refractivity contribution is -0.384. The van der Waals surface area contributed by atoms with Crippen LogP contribution in [0.3, 0.4) is 0 Å². The largest absolute Gasteiger partial charge is 0.460 e. The number of amides is 1. The molecule has 3 heterocycles. The number of nitrogens with zero attached hydrogens (tertiary/aromatic N) is 2. The third-order valence-electron chi connectivity index (χ3n) is 7.73. The number of carbonyl (C=O) groups excluding carboxylic acids is 3. The molecule has 0 aliphatic carbocycles. The van der Waals surface area contributed by atoms with Crippen molar-refractivity contribution in [2.45, 2.75) is 50.0 Å². The average molecular weight is 626 g/mol. The molecule has 1 N–H and O–H groups in total. The van der Waals surface area contributed by atoms with Crippen LogP contribution < -0.4 is 5.32 Å². The first-order valence-electron chi connectivity index (χ1n) is 14.1. The zero-order valence-corrected chi connectivity index (χ0v) is 24.9. The van der Waals surface area contributed by atoms with Crippen LogP contribution in [0.2, 0.25) is 0 Å². The number of nitro benzene ring substituents is 1. The average Bonchev–Trinajstić information content (AvgIpc) is 3.20. The third kappa shape index (κ3) is 5.95. The van der Waals surface area contributed by atoms with Crippen molar-refractivity contribution in [1.29, 1.82) is 0 Å². The zero-order chi connectivity index (χ0) is 31.6. The molecule has 0 radical (unpaired) electrons. The second kappa shape index (κ2) is 12.6. The van der Waals surface area contributed by atoms with Crippen LogP contribution in [0.4, 0.5) is 5.69 Å². The maximum absolute atomic E-state index is 13.6. The molecule has 0 saturated carbocycles. The van der Waals surface area contributed by atoms with Gasteiger partial charge in [0, 0.05) is 30.1 Å². The van der Waals surface area contributed by atoms with Crippen molar-refractivity contribution in [3.63, 3.8) is 0 Å². The van der Waals surface area contributed by atoms with Gasteiger partial charge in [-0.15, -0.1) is 0 Å². The smallest absolute Gasteiger partial charge is 0.336 e. The summed E-state index contributed by atoms with van der Waals surface area (Å²) in [6.07, 6.45) is 2.33. The van der Waals surface area contributed by atoms with Crippen LogP contribution in [-0.2, 0) is 33.8 Å². The molecule has 5 rings (SSSR count). The molecule has 3 aliphatic rings. The van der Waals surface area contributed by atoms with Crippen molar-refractivity contribution in [3.8, 4) is 0 Å². The fourth-order valence-corrected chi connectivity index (χ4v) is 7.18. The molecule has 0 bridgehead atoms. The number of carbonyl (C=O) groups is 3. The van der Waals surface area contributed by atoms with E-state index in [-0.39, 0.29) is 45.6 Å². The predicted octanol–water partition coefficient (Wildman–Crippen LogP) is 3.33. The summed E-state index contributed by atoms with van der Waals surface area (Å²) in [7, 11) is -4.11. The van der Waals surface area contributed by atoms with Crippen molar-refractivity contribution < 1.29 is 41.9 Å². The Hall–Kier alpha value is -4.56. The molecule has 0 aromatic heterocycles. The Morgan fingerprint density at radius 1 is 1.05 bits per heavy atom. The van der Waals surface area contributed by atoms with E-state index in [0.29, 0.717) is 22.3 Å². The second-order valence-corrected chi connectivity index (χ2v) is 12.4. The van der Waals surface area contributed by atoms with Crippen molar-refractivity contribution in [2.24, 2.45) is 0 Å². The summed E-state index contributed by atoms with van der Waals surface area (Å²) in [5.74, 6) is -3.47. The number of non-ortho nitro benzene ring substituents is 1. The maximum atomic E-state index is 13.6. The van der Waals surface area contributed by atoms with E-state index in [9.17, 15) is 32.9 Å². The molecule has 1 saturated heterocycles. The number of benzene rings is 2. The summed E-state index contributed by atoms with van der Waals surface area (Å²) >= 11 is 0. The quantitative estimate of drug-likeness (QED) is 0.246. The molecule has 1 fully saturated rings. The summed E-state index contributed by atoms with van der Waals surface area (Å²) in [5.41, 5.74) is 0.819. The minimum atomic E-state index is -4.11. The van der Waals surface area contributed by atoms with Crippen LogP contribution in [0, 0.1) is 10.1 Å². The Morgan fingerprint density at radius 3 is 2.41 bits per heavy atom. The van der Waals surface area contributed by atoms with Gasteiger partial charge in [0.2, 0.25) is 0 Å². The number of dihydropyridines is 1. The van der Waals surface area contributed by atoms with Crippen LogP contribution in [-0.4, -0.2) is 68.0 Å². The Morgan fingerprint density at radius 2 is 1.75 bits per heavy atom. The van der Waals surface area contributed by atoms with E-state index in [1.807, 2.05) is 0 Å². The first kappa shape index (κ1) is 30.9. The Labute approximate surface area is 253 Å². The lowest BCUT2D eigenvalue weighted by Gasteiger charge is -2.31. The van der Waals surface area contributed by atoms with Gasteiger partial charge in [-0.1, -0.05) is 24.3 Å². The first-order valence-corrected chi connectivity index (χ1v) is 15.5. The van der Waals surface area contributed by atoms with E-state index < -0.39 is 51.9 Å². The standard InChI is InChI=1S/C30H31N3O10S/c1-18-25(29(35)42-15-13-32-28(34)23-11-3-4-12-24(23)44(32,39)40)27(20-8-7-9-21(16-20)33(37)38)26(19(2)31-18)30(36)43-17-22-10-5-6-14-41-22/h3-4,7-9,11-12,16,22,27,31H,5-6,10,13-15,17H2,1-2H3/t22-,27+/m1/s1. The van der Waals surface area contributed by atoms with E-state index in [1.54, 1.807) is 26.0 Å². The number of ether oxygens (including phenoxy) is 3. The van der Waals surface area contributed by atoms with Gasteiger partial charge in [-0.05, 0) is 50.8 Å². The van der Waals surface area contributed by atoms with Crippen molar-refractivity contribution in [1.82, 2.24) is 9.62 Å². The fourth-order valence-electron chi connectivity index (χ4n) is 5.62. The number of allylic oxidation sites excluding steroid dienone is 2. The summed E-state index contributed by atoms with van der Waals surface area (Å²) in [4.78, 5) is 50.8. The number of sulfonamides is 1. The molecule has 44 heavy (non-hydrogen) atoms. The van der Waals surface area contributed by atoms with Gasteiger partial charge in [-0.2, -0.15) is 0 Å². The van der Waals surface area contributed by atoms with Crippen molar-refractivity contribution in [3.05, 3.63) is 92.3 Å². The number of nitrogens with one attached hydrogen (secondary N) is 1. The molecule has 0 spiro atoms. The van der Waals surface area contributed by atoms with Gasteiger partial charge in [-0.3, -0.25) is 14.9 Å². The normalized spacial score (nSPS) is 21.0. The van der Waals surface area contributed by atoms with Crippen LogP contribution in [0.25, 0.3) is 0 Å². The maximum Gasteiger partial charge on any atom is 0.336 e. The molecule has 2 atom stereocenters. The molecular formula is C30H31N3O10S. The summed E-state index contributed by atoms with van der Waals surface area (Å²) < 4.78 is 43.2. The minimum Gasteiger partial charge on any atom is -0.460 e. The van der Waals surface area contributed by atoms with Gasteiger partial charge >= 0.3 is 11.9 Å². The molecule has 0 unspecified atom stereocenters. The van der Waals surface area contributed by atoms with Gasteiger partial charge in [-0.25, -0.2) is 22.3 Å². The van der Waals surface area contributed by atoms with Gasteiger partial charge in [0.15, 0.2) is 0 Å². The molecule has 2 aromatic carbocycles. The lowest BCUT2D eigenvalue weighted by Crippen LogP contribution is -2.36. The first-order chi connectivity index (χ1) is 21.0. The number of nitro groups is 1. The van der Waals surface area contributed by atoms with Crippen LogP contribution in [0.15, 0.2) is 76.0 Å². The monoisotopic (exact) mass is 625 g/mol. The topological polar surface area (TPSA) is 171 Å². The second-order valence-electron chi connectivity index (χ2n) is 10.6. The van der Waals surface area contributed by atoms with Gasteiger partial charge in [0.25, 0.3) is 21.6 Å². The Balaban J connectivity index is 1.40. The molecule has 14 heteroatoms. The number of fused-ring (bicyclic) bond motifs is 1. The van der Waals surface area contributed by atoms with Gasteiger partial charge in [0.1, 0.15) is 18.1 Å². The highest BCUT2D eigenvalue weighted by molar-refractivity contribution is 7.90. The Kier molecular flexibility index (Phi) is 8.83. The van der Waals surface area contributed by atoms with Crippen LogP contribution in [0.5, 0.6) is 0 Å². The third-order valence-corrected chi connectivity index (χ3v) is 9.57. The van der Waals surface area contributed by atoms with E-state index in [4.69, 9.17) is 14.2 Å². The summed E-state index contributed by atoms with van der Waals surface area (Å²) in [6, 6.07) is 11.4. The highest BCUT2D eigenvalue weighted by Crippen LogP contribution is 2.40. The molecule has 13 nitrogen and oxygen atoms in total. The SMILES string of the molecule is CC1=C(C(=O)OCCN2C(=O)c3ccccc3S2(=O)=O)[C@H](c2cccc([N+](=O)[O-])c2)C(C(=O)OC[C@H]2CCCCO2)=C(C)N1. The Bertz CT molecular complexity index is 1690. The van der Waals surface area contributed by atoms with Crippen LogP contribution in [0.1, 0.15) is 54.9 Å². The minimum absolute atomic E-state index is 0.000469. The highest BCUT2D eigenvalue weighted by Gasteiger charge is 2.42. The number of hydrogen-bond acceptors (Lipinski definition) is 11. The highest BCUT2D eigenvalue weighted by atomic mass is 32.2. The summed E-state index contributed by atoms with van der Waals surface area (Å²) in [6.45, 7) is 2.88. The van der Waals surface area contributed by atoms with Crippen molar-refractivity contribution >= 4 is 33.6 Å². The van der Waals surface area contributed by atoms with E-state index in [1.165, 1.54) is 36.4 Å². The van der Waals surface area contributed by atoms with E-state index in [0.717, 1.165) is 19.3 Å². The number of esters is 2.